The fourth-order valence-corrected chi connectivity index (χ4v) is 5.71. The lowest BCUT2D eigenvalue weighted by molar-refractivity contribution is 0.148. The van der Waals surface area contributed by atoms with Gasteiger partial charge in [-0.05, 0) is 71.5 Å². The molecule has 0 spiro atoms. The molecule has 0 radical (unpaired) electrons. The van der Waals surface area contributed by atoms with Crippen LogP contribution >= 0.6 is 0 Å². The van der Waals surface area contributed by atoms with E-state index in [0.29, 0.717) is 35.1 Å². The number of hydrogen-bond donors (Lipinski definition) is 0. The molecule has 7 nitrogen and oxygen atoms in total. The maximum atomic E-state index is 12.4. The van der Waals surface area contributed by atoms with Gasteiger partial charge in [0.15, 0.2) is 0 Å². The van der Waals surface area contributed by atoms with E-state index in [9.17, 15) is 14.4 Å². The monoisotopic (exact) mass is 629 g/mol. The van der Waals surface area contributed by atoms with E-state index < -0.39 is 17.1 Å². The third kappa shape index (κ3) is 16.5. The number of hydrogen-bond acceptors (Lipinski definition) is 4. The molecule has 0 aliphatic heterocycles. The average Bonchev–Trinajstić information content (AvgIpc) is 3.45. The van der Waals surface area contributed by atoms with Gasteiger partial charge in [-0.15, -0.1) is 13.2 Å². The first kappa shape index (κ1) is 42.4. The Bertz CT molecular complexity index is 1220. The van der Waals surface area contributed by atoms with Gasteiger partial charge in [0, 0.05) is 12.5 Å². The minimum Gasteiger partial charge on any atom is -0.247 e. The molecule has 0 aromatic carbocycles. The number of rotatable bonds is 7. The molecule has 2 aliphatic carbocycles. The highest BCUT2D eigenvalue weighted by molar-refractivity contribution is 5.05. The summed E-state index contributed by atoms with van der Waals surface area (Å²) in [6.07, 6.45) is 8.33. The zero-order valence-electron chi connectivity index (χ0n) is 31.5. The molecular formula is C38H68N4O3. The van der Waals surface area contributed by atoms with Crippen molar-refractivity contribution in [3.8, 4) is 6.07 Å². The smallest absolute Gasteiger partial charge is 0.247 e. The molecule has 2 saturated carbocycles. The van der Waals surface area contributed by atoms with Gasteiger partial charge >= 0.3 is 17.1 Å². The fraction of sp³-hybridized carbons (Fsp3) is 0.789. The van der Waals surface area contributed by atoms with Crippen molar-refractivity contribution < 1.29 is 0 Å². The Hall–Kier alpha value is -2.62. The minimum absolute atomic E-state index is 0.0777. The van der Waals surface area contributed by atoms with Crippen LogP contribution in [-0.2, 0) is 19.6 Å². The lowest BCUT2D eigenvalue weighted by atomic mass is 9.70. The Labute approximate surface area is 275 Å². The molecule has 45 heavy (non-hydrogen) atoms. The molecule has 0 N–H and O–H groups in total. The van der Waals surface area contributed by atoms with Gasteiger partial charge in [-0.2, -0.15) is 5.26 Å². The first-order valence-electron chi connectivity index (χ1n) is 16.8. The summed E-state index contributed by atoms with van der Waals surface area (Å²) in [7, 11) is 0. The Morgan fingerprint density at radius 2 is 1.09 bits per heavy atom. The highest BCUT2D eigenvalue weighted by Gasteiger charge is 2.49. The number of nitrogens with zero attached hydrogens (tertiary/aromatic N) is 4. The van der Waals surface area contributed by atoms with Gasteiger partial charge < -0.3 is 0 Å². The topological polar surface area (TPSA) is 89.8 Å². The van der Waals surface area contributed by atoms with Crippen LogP contribution in [0.25, 0.3) is 0 Å². The lowest BCUT2D eigenvalue weighted by Gasteiger charge is -2.35. The first-order valence-corrected chi connectivity index (χ1v) is 16.8. The number of aromatic nitrogens is 3. The molecule has 4 atom stereocenters. The van der Waals surface area contributed by atoms with E-state index >= 15 is 0 Å². The maximum Gasteiger partial charge on any atom is 0.336 e. The molecule has 1 aromatic rings. The predicted molar refractivity (Wildman–Crippen MR) is 191 cm³/mol. The normalized spacial score (nSPS) is 20.8. The van der Waals surface area contributed by atoms with Crippen LogP contribution in [0, 0.1) is 56.7 Å². The molecular weight excluding hydrogens is 560 g/mol. The molecule has 2 aliphatic rings. The molecule has 2 bridgehead atoms. The molecule has 1 aromatic heterocycles. The van der Waals surface area contributed by atoms with Gasteiger partial charge in [0.05, 0.1) is 19.2 Å². The van der Waals surface area contributed by atoms with E-state index in [2.05, 4.69) is 116 Å². The van der Waals surface area contributed by atoms with Crippen molar-refractivity contribution in [3.05, 3.63) is 56.8 Å². The van der Waals surface area contributed by atoms with Crippen LogP contribution in [-0.4, -0.2) is 13.7 Å². The Morgan fingerprint density at radius 1 is 0.689 bits per heavy atom. The standard InChI is InChI=1S/C16H25N3O3.C12H19N.2C5H12/c1-6-10-17-13(20)18(11-7-2)15(22)19(14(17)21)12-8-9-16(3,4)5;1-12(2,3)11-6-8-4-9(11)5-10(8)7-13;2*1-5(2,3)4/h6-7H,1-2,8-12H2,3-5H3;8-11H,4-6H2,1-3H3;2*1-4H3. The summed E-state index contributed by atoms with van der Waals surface area (Å²) in [5, 5.41) is 8.93. The summed E-state index contributed by atoms with van der Waals surface area (Å²) >= 11 is 0. The predicted octanol–water partition coefficient (Wildman–Crippen LogP) is 8.69. The SMILES string of the molecule is C=CCn1c(=O)n(CC=C)c(=O)n(CCCC(C)(C)C)c1=O.CC(C)(C)C.CC(C)(C)C.CC(C)(C)C1CC2CC1CC2C#N. The van der Waals surface area contributed by atoms with Crippen LogP contribution in [0.4, 0.5) is 0 Å². The summed E-state index contributed by atoms with van der Waals surface area (Å²) in [6.45, 7) is 38.4. The molecule has 1 heterocycles. The summed E-state index contributed by atoms with van der Waals surface area (Å²) in [5.74, 6) is 2.86. The molecule has 0 saturated heterocycles. The zero-order chi connectivity index (χ0) is 35.6. The van der Waals surface area contributed by atoms with Crippen molar-refractivity contribution in [1.82, 2.24) is 13.7 Å². The molecule has 4 unspecified atom stereocenters. The van der Waals surface area contributed by atoms with Gasteiger partial charge in [-0.1, -0.05) is 109 Å². The summed E-state index contributed by atoms with van der Waals surface area (Å²) in [5.41, 5.74) is -0.200. The van der Waals surface area contributed by atoms with Crippen LogP contribution in [0.3, 0.4) is 0 Å². The molecule has 0 amide bonds. The van der Waals surface area contributed by atoms with E-state index in [-0.39, 0.29) is 18.5 Å². The highest BCUT2D eigenvalue weighted by Crippen LogP contribution is 2.56. The highest BCUT2D eigenvalue weighted by atomic mass is 16.2. The van der Waals surface area contributed by atoms with Crippen molar-refractivity contribution >= 4 is 0 Å². The largest absolute Gasteiger partial charge is 0.336 e. The van der Waals surface area contributed by atoms with Crippen molar-refractivity contribution in [1.29, 1.82) is 5.26 Å². The van der Waals surface area contributed by atoms with Crippen molar-refractivity contribution in [3.63, 3.8) is 0 Å². The summed E-state index contributed by atoms with van der Waals surface area (Å²) < 4.78 is 3.17. The molecule has 2 fully saturated rings. The Kier molecular flexibility index (Phi) is 16.3. The van der Waals surface area contributed by atoms with E-state index in [4.69, 9.17) is 5.26 Å². The van der Waals surface area contributed by atoms with Crippen LogP contribution in [0.15, 0.2) is 39.7 Å². The molecule has 7 heteroatoms. The van der Waals surface area contributed by atoms with Crippen LogP contribution < -0.4 is 17.1 Å². The quantitative estimate of drug-likeness (QED) is 0.283. The zero-order valence-corrected chi connectivity index (χ0v) is 31.5. The van der Waals surface area contributed by atoms with Gasteiger partial charge in [0.1, 0.15) is 0 Å². The third-order valence-electron chi connectivity index (χ3n) is 7.45. The first-order chi connectivity index (χ1) is 20.2. The van der Waals surface area contributed by atoms with Crippen LogP contribution in [0.1, 0.15) is 129 Å². The van der Waals surface area contributed by atoms with E-state index in [1.54, 1.807) is 0 Å². The molecule has 3 rings (SSSR count). The fourth-order valence-electron chi connectivity index (χ4n) is 5.71. The van der Waals surface area contributed by atoms with E-state index in [1.165, 1.54) is 31.4 Å². The number of nitriles is 1. The minimum atomic E-state index is -0.623. The van der Waals surface area contributed by atoms with Gasteiger partial charge in [0.2, 0.25) is 0 Å². The van der Waals surface area contributed by atoms with Crippen molar-refractivity contribution in [2.24, 2.45) is 45.3 Å². The number of fused-ring (bicyclic) bond motifs is 2. The lowest BCUT2D eigenvalue weighted by Crippen LogP contribution is -2.54. The number of allylic oxidation sites excluding steroid dienone is 2. The summed E-state index contributed by atoms with van der Waals surface area (Å²) in [4.78, 5) is 36.9. The van der Waals surface area contributed by atoms with Gasteiger partial charge in [0.25, 0.3) is 0 Å². The third-order valence-corrected chi connectivity index (χ3v) is 7.45. The van der Waals surface area contributed by atoms with Gasteiger partial charge in [-0.3, -0.25) is 0 Å². The summed E-state index contributed by atoms with van der Waals surface area (Å²) in [6, 6.07) is 2.47. The average molecular weight is 629 g/mol. The van der Waals surface area contributed by atoms with Gasteiger partial charge in [-0.25, -0.2) is 28.1 Å². The van der Waals surface area contributed by atoms with Crippen LogP contribution in [0.5, 0.6) is 0 Å². The van der Waals surface area contributed by atoms with Crippen molar-refractivity contribution in [2.75, 3.05) is 0 Å². The maximum absolute atomic E-state index is 12.4. The second-order valence-corrected chi connectivity index (χ2v) is 18.4. The van der Waals surface area contributed by atoms with Crippen molar-refractivity contribution in [2.45, 2.75) is 149 Å². The Balaban J connectivity index is 0.000000701. The second-order valence-electron chi connectivity index (χ2n) is 18.4. The molecule has 258 valence electrons. The van der Waals surface area contributed by atoms with E-state index in [0.717, 1.165) is 37.9 Å². The van der Waals surface area contributed by atoms with Crippen LogP contribution in [0.2, 0.25) is 0 Å². The Morgan fingerprint density at radius 3 is 1.38 bits per heavy atom. The second kappa shape index (κ2) is 17.3. The van der Waals surface area contributed by atoms with E-state index in [1.807, 2.05) is 0 Å².